The predicted molar refractivity (Wildman–Crippen MR) is 95.0 cm³/mol. The first kappa shape index (κ1) is 17.9. The third-order valence-corrected chi connectivity index (χ3v) is 4.71. The lowest BCUT2D eigenvalue weighted by atomic mass is 9.80. The van der Waals surface area contributed by atoms with Crippen molar-refractivity contribution in [2.75, 3.05) is 23.7 Å². The quantitative estimate of drug-likeness (QED) is 0.621. The number of thiol groups is 1. The first-order chi connectivity index (χ1) is 10.2. The molecule has 0 aliphatic carbocycles. The Kier molecular flexibility index (Phi) is 8.30. The van der Waals surface area contributed by atoms with Gasteiger partial charge >= 0.3 is 0 Å². The van der Waals surface area contributed by atoms with E-state index in [1.165, 1.54) is 31.4 Å². The van der Waals surface area contributed by atoms with Crippen LogP contribution in [0.1, 0.15) is 46.0 Å². The summed E-state index contributed by atoms with van der Waals surface area (Å²) in [7, 11) is 0. The Hall–Kier alpha value is -1.14. The van der Waals surface area contributed by atoms with Gasteiger partial charge < -0.3 is 4.90 Å². The first-order valence-corrected chi connectivity index (χ1v) is 8.62. The maximum absolute atomic E-state index is 8.93. The first-order valence-electron chi connectivity index (χ1n) is 7.99. The molecule has 0 saturated carbocycles. The van der Waals surface area contributed by atoms with Crippen LogP contribution in [0.4, 0.5) is 5.69 Å². The second-order valence-corrected chi connectivity index (χ2v) is 6.14. The smallest absolute Gasteiger partial charge is 0.0640 e. The maximum atomic E-state index is 8.93. The van der Waals surface area contributed by atoms with Crippen LogP contribution < -0.4 is 4.90 Å². The molecule has 21 heavy (non-hydrogen) atoms. The molecule has 0 bridgehead atoms. The van der Waals surface area contributed by atoms with Crippen molar-refractivity contribution in [2.45, 2.75) is 46.0 Å². The van der Waals surface area contributed by atoms with E-state index in [9.17, 15) is 0 Å². The summed E-state index contributed by atoms with van der Waals surface area (Å²) in [5.74, 6) is 0.907. The van der Waals surface area contributed by atoms with Gasteiger partial charge in [-0.15, -0.1) is 0 Å². The minimum Gasteiger partial charge on any atom is -0.370 e. The number of para-hydroxylation sites is 1. The molecule has 0 saturated heterocycles. The summed E-state index contributed by atoms with van der Waals surface area (Å²) in [6.07, 6.45) is 5.32. The number of anilines is 1. The van der Waals surface area contributed by atoms with Gasteiger partial charge in [-0.1, -0.05) is 44.9 Å². The molecule has 0 radical (unpaired) electrons. The fraction of sp³-hybridized carbons (Fsp3) is 0.611. The van der Waals surface area contributed by atoms with Crippen LogP contribution in [0.5, 0.6) is 0 Å². The van der Waals surface area contributed by atoms with Crippen molar-refractivity contribution in [1.29, 1.82) is 5.26 Å². The molecule has 0 spiro atoms. The lowest BCUT2D eigenvalue weighted by Crippen LogP contribution is -2.40. The van der Waals surface area contributed by atoms with Crippen molar-refractivity contribution in [2.24, 2.45) is 5.41 Å². The highest BCUT2D eigenvalue weighted by Crippen LogP contribution is 2.34. The van der Waals surface area contributed by atoms with Gasteiger partial charge in [-0.2, -0.15) is 17.9 Å². The van der Waals surface area contributed by atoms with Crippen LogP contribution >= 0.6 is 12.6 Å². The molecule has 3 heteroatoms. The van der Waals surface area contributed by atoms with Gasteiger partial charge in [-0.05, 0) is 36.1 Å². The molecule has 0 heterocycles. The lowest BCUT2D eigenvalue weighted by molar-refractivity contribution is 0.278. The number of benzene rings is 1. The molecule has 2 nitrogen and oxygen atoms in total. The minimum absolute atomic E-state index is 0.248. The zero-order valence-corrected chi connectivity index (χ0v) is 14.3. The van der Waals surface area contributed by atoms with E-state index in [4.69, 9.17) is 5.26 Å². The van der Waals surface area contributed by atoms with E-state index in [2.05, 4.69) is 61.7 Å². The Balaban J connectivity index is 2.94. The monoisotopic (exact) mass is 304 g/mol. The average molecular weight is 305 g/mol. The van der Waals surface area contributed by atoms with E-state index >= 15 is 0 Å². The van der Waals surface area contributed by atoms with Crippen molar-refractivity contribution in [3.63, 3.8) is 0 Å². The average Bonchev–Trinajstić information content (AvgIpc) is 2.52. The Morgan fingerprint density at radius 2 is 1.76 bits per heavy atom. The molecule has 1 rings (SSSR count). The molecular weight excluding hydrogens is 276 g/mol. The van der Waals surface area contributed by atoms with E-state index in [1.807, 2.05) is 6.07 Å². The van der Waals surface area contributed by atoms with Crippen molar-refractivity contribution in [3.8, 4) is 6.07 Å². The van der Waals surface area contributed by atoms with E-state index in [1.54, 1.807) is 0 Å². The summed E-state index contributed by atoms with van der Waals surface area (Å²) in [5, 5.41) is 8.93. The van der Waals surface area contributed by atoms with Gasteiger partial charge in [0.15, 0.2) is 0 Å². The number of nitrogens with zero attached hydrogens (tertiary/aromatic N) is 2. The molecule has 0 fully saturated rings. The van der Waals surface area contributed by atoms with Crippen LogP contribution in [-0.2, 0) is 0 Å². The van der Waals surface area contributed by atoms with Gasteiger partial charge in [-0.3, -0.25) is 0 Å². The number of nitriles is 1. The van der Waals surface area contributed by atoms with Crippen molar-refractivity contribution in [3.05, 3.63) is 30.3 Å². The SMILES string of the molecule is CCCC(CS)(CCC)CN(CCC#N)c1ccccc1. The number of hydrogen-bond acceptors (Lipinski definition) is 3. The molecule has 0 N–H and O–H groups in total. The van der Waals surface area contributed by atoms with Crippen LogP contribution in [0.2, 0.25) is 0 Å². The zero-order chi connectivity index (χ0) is 15.6. The molecule has 0 aliphatic heterocycles. The Morgan fingerprint density at radius 1 is 1.14 bits per heavy atom. The highest BCUT2D eigenvalue weighted by molar-refractivity contribution is 7.80. The normalized spacial score (nSPS) is 11.1. The molecule has 0 unspecified atom stereocenters. The number of rotatable bonds is 10. The van der Waals surface area contributed by atoms with Crippen LogP contribution in [0.3, 0.4) is 0 Å². The van der Waals surface area contributed by atoms with Crippen molar-refractivity contribution in [1.82, 2.24) is 0 Å². The number of hydrogen-bond donors (Lipinski definition) is 1. The molecule has 1 aromatic carbocycles. The standard InChI is InChI=1S/C18H28N2S/c1-3-11-18(16-21,12-4-2)15-20(14-8-13-19)17-9-6-5-7-10-17/h5-7,9-10,21H,3-4,8,11-12,14-16H2,1-2H3. The van der Waals surface area contributed by atoms with Crippen LogP contribution in [-0.4, -0.2) is 18.8 Å². The molecule has 0 aromatic heterocycles. The summed E-state index contributed by atoms with van der Waals surface area (Å²) in [6, 6.07) is 12.7. The van der Waals surface area contributed by atoms with Gasteiger partial charge in [0.2, 0.25) is 0 Å². The van der Waals surface area contributed by atoms with Crippen molar-refractivity contribution >= 4 is 18.3 Å². The van der Waals surface area contributed by atoms with Gasteiger partial charge in [0.1, 0.15) is 0 Å². The van der Waals surface area contributed by atoms with Crippen LogP contribution in [0.25, 0.3) is 0 Å². The Labute approximate surface area is 135 Å². The largest absolute Gasteiger partial charge is 0.370 e. The minimum atomic E-state index is 0.248. The van der Waals surface area contributed by atoms with Gasteiger partial charge in [-0.25, -0.2) is 0 Å². The van der Waals surface area contributed by atoms with Gasteiger partial charge in [0.25, 0.3) is 0 Å². The Bertz CT molecular complexity index is 419. The van der Waals surface area contributed by atoms with E-state index in [-0.39, 0.29) is 5.41 Å². The summed E-state index contributed by atoms with van der Waals surface area (Å²) in [4.78, 5) is 2.37. The molecular formula is C18H28N2S. The second-order valence-electron chi connectivity index (χ2n) is 5.82. The topological polar surface area (TPSA) is 27.0 Å². The van der Waals surface area contributed by atoms with E-state index < -0.39 is 0 Å². The fourth-order valence-electron chi connectivity index (χ4n) is 3.08. The van der Waals surface area contributed by atoms with Crippen LogP contribution in [0.15, 0.2) is 30.3 Å². The third-order valence-electron chi connectivity index (χ3n) is 4.04. The second kappa shape index (κ2) is 9.73. The third kappa shape index (κ3) is 5.63. The Morgan fingerprint density at radius 3 is 2.24 bits per heavy atom. The molecule has 0 amide bonds. The summed E-state index contributed by atoms with van der Waals surface area (Å²) in [6.45, 7) is 6.28. The molecule has 0 aliphatic rings. The highest BCUT2D eigenvalue weighted by Gasteiger charge is 2.29. The summed E-state index contributed by atoms with van der Waals surface area (Å²) in [5.41, 5.74) is 1.46. The summed E-state index contributed by atoms with van der Waals surface area (Å²) >= 11 is 4.66. The molecule has 116 valence electrons. The van der Waals surface area contributed by atoms with Crippen molar-refractivity contribution < 1.29 is 0 Å². The lowest BCUT2D eigenvalue weighted by Gasteiger charge is -2.38. The highest BCUT2D eigenvalue weighted by atomic mass is 32.1. The molecule has 1 aromatic rings. The van der Waals surface area contributed by atoms with Gasteiger partial charge in [0, 0.05) is 18.8 Å². The zero-order valence-electron chi connectivity index (χ0n) is 13.4. The maximum Gasteiger partial charge on any atom is 0.0640 e. The summed E-state index contributed by atoms with van der Waals surface area (Å²) < 4.78 is 0. The fourth-order valence-corrected chi connectivity index (χ4v) is 3.50. The van der Waals surface area contributed by atoms with Crippen LogP contribution in [0, 0.1) is 16.7 Å². The van der Waals surface area contributed by atoms with Gasteiger partial charge in [0.05, 0.1) is 12.5 Å². The predicted octanol–water partition coefficient (Wildman–Crippen LogP) is 4.92. The van der Waals surface area contributed by atoms with E-state index in [0.717, 1.165) is 18.8 Å². The molecule has 0 atom stereocenters. The van der Waals surface area contributed by atoms with E-state index in [0.29, 0.717) is 6.42 Å².